The zero-order valence-electron chi connectivity index (χ0n) is 16.2. The summed E-state index contributed by atoms with van der Waals surface area (Å²) in [6.07, 6.45) is -1.25. The molecule has 0 spiro atoms. The molecule has 8 heteroatoms. The Bertz CT molecular complexity index is 486. The van der Waals surface area contributed by atoms with E-state index in [2.05, 4.69) is 5.32 Å². The van der Waals surface area contributed by atoms with Crippen LogP contribution in [0.15, 0.2) is 0 Å². The van der Waals surface area contributed by atoms with Crippen molar-refractivity contribution in [3.63, 3.8) is 0 Å². The molecule has 1 heterocycles. The van der Waals surface area contributed by atoms with Crippen LogP contribution in [0.3, 0.4) is 0 Å². The van der Waals surface area contributed by atoms with E-state index in [-0.39, 0.29) is 19.8 Å². The van der Waals surface area contributed by atoms with Crippen LogP contribution in [-0.4, -0.2) is 66.9 Å². The predicted octanol–water partition coefficient (Wildman–Crippen LogP) is 1.25. The molecule has 1 fully saturated rings. The fourth-order valence-corrected chi connectivity index (χ4v) is 3.21. The average molecular weight is 361 g/mol. The molecular formula is C17H31NO7. The summed E-state index contributed by atoms with van der Waals surface area (Å²) in [6, 6.07) is 0. The molecule has 0 radical (unpaired) electrons. The molecule has 0 bridgehead atoms. The Kier molecular flexibility index (Phi) is 6.83. The van der Waals surface area contributed by atoms with Crippen molar-refractivity contribution in [2.75, 3.05) is 26.9 Å². The maximum absolute atomic E-state index is 12.0. The second-order valence-electron chi connectivity index (χ2n) is 7.76. The van der Waals surface area contributed by atoms with E-state index in [1.54, 1.807) is 20.8 Å². The molecular weight excluding hydrogens is 330 g/mol. The van der Waals surface area contributed by atoms with Gasteiger partial charge in [0.05, 0.1) is 18.8 Å². The zero-order chi connectivity index (χ0) is 19.5. The summed E-state index contributed by atoms with van der Waals surface area (Å²) in [6.45, 7) is 10.0. The first-order valence-corrected chi connectivity index (χ1v) is 8.32. The minimum absolute atomic E-state index is 0.0407. The molecule has 1 saturated heterocycles. The van der Waals surface area contributed by atoms with Gasteiger partial charge >= 0.3 is 12.1 Å². The Morgan fingerprint density at radius 1 is 1.28 bits per heavy atom. The highest BCUT2D eigenvalue weighted by Crippen LogP contribution is 2.45. The Labute approximate surface area is 149 Å². The molecule has 0 aromatic heterocycles. The zero-order valence-corrected chi connectivity index (χ0v) is 16.2. The molecule has 0 aliphatic carbocycles. The van der Waals surface area contributed by atoms with E-state index in [0.717, 1.165) is 0 Å². The lowest BCUT2D eigenvalue weighted by Gasteiger charge is -2.38. The summed E-state index contributed by atoms with van der Waals surface area (Å²) in [5.74, 6) is -0.889. The van der Waals surface area contributed by atoms with Gasteiger partial charge in [-0.25, -0.2) is 4.79 Å². The largest absolute Gasteiger partial charge is 0.463 e. The Balaban J connectivity index is 3.00. The molecule has 0 aromatic rings. The predicted molar refractivity (Wildman–Crippen MR) is 90.1 cm³/mol. The molecule has 0 unspecified atom stereocenters. The number of amides is 1. The first-order chi connectivity index (χ1) is 11.4. The third kappa shape index (κ3) is 5.29. The quantitative estimate of drug-likeness (QED) is 0.686. The Morgan fingerprint density at radius 2 is 1.88 bits per heavy atom. The first-order valence-electron chi connectivity index (χ1n) is 8.32. The number of alkyl carbamates (subject to hydrolysis) is 1. The van der Waals surface area contributed by atoms with Gasteiger partial charge in [-0.3, -0.25) is 4.79 Å². The van der Waals surface area contributed by atoms with E-state index in [0.29, 0.717) is 0 Å². The van der Waals surface area contributed by atoms with Crippen molar-refractivity contribution in [2.45, 2.75) is 64.4 Å². The fraction of sp³-hybridized carbons (Fsp3) is 0.882. The normalized spacial score (nSPS) is 28.5. The van der Waals surface area contributed by atoms with Gasteiger partial charge in [-0.15, -0.1) is 0 Å². The summed E-state index contributed by atoms with van der Waals surface area (Å²) in [7, 11) is 1.48. The fourth-order valence-electron chi connectivity index (χ4n) is 3.21. The van der Waals surface area contributed by atoms with Crippen LogP contribution >= 0.6 is 0 Å². The second kappa shape index (κ2) is 7.88. The van der Waals surface area contributed by atoms with Crippen LogP contribution in [-0.2, 0) is 23.7 Å². The number of aliphatic hydroxyl groups is 1. The van der Waals surface area contributed by atoms with Crippen molar-refractivity contribution in [2.24, 2.45) is 5.92 Å². The number of carbonyl (C=O) groups is 2. The molecule has 0 saturated carbocycles. The van der Waals surface area contributed by atoms with Gasteiger partial charge in [0, 0.05) is 20.0 Å². The number of hydrogen-bond donors (Lipinski definition) is 2. The maximum atomic E-state index is 12.0. The van der Waals surface area contributed by atoms with Crippen LogP contribution in [0.25, 0.3) is 0 Å². The summed E-state index contributed by atoms with van der Waals surface area (Å²) < 4.78 is 22.0. The third-order valence-electron chi connectivity index (χ3n) is 4.33. The van der Waals surface area contributed by atoms with E-state index in [9.17, 15) is 14.7 Å². The molecule has 25 heavy (non-hydrogen) atoms. The minimum atomic E-state index is -1.06. The standard InChI is InChI=1S/C17H31NO7/c1-11(20)23-9-13-17(22-7,12(8-19)16(5,6)24-13)10-18-14(21)25-15(2,3)4/h12-13,19H,8-10H2,1-7H3,(H,18,21)/t12-,13-,17+/m1/s1. The van der Waals surface area contributed by atoms with Gasteiger partial charge in [-0.1, -0.05) is 0 Å². The lowest BCUT2D eigenvalue weighted by molar-refractivity contribution is -0.154. The van der Waals surface area contributed by atoms with Crippen molar-refractivity contribution < 1.29 is 33.6 Å². The Morgan fingerprint density at radius 3 is 2.32 bits per heavy atom. The smallest absolute Gasteiger partial charge is 0.407 e. The molecule has 8 nitrogen and oxygen atoms in total. The van der Waals surface area contributed by atoms with Gasteiger partial charge < -0.3 is 29.4 Å². The van der Waals surface area contributed by atoms with E-state index in [4.69, 9.17) is 18.9 Å². The highest BCUT2D eigenvalue weighted by molar-refractivity contribution is 5.68. The van der Waals surface area contributed by atoms with Gasteiger partial charge in [0.15, 0.2) is 0 Å². The summed E-state index contributed by atoms with van der Waals surface area (Å²) in [5.41, 5.74) is -2.43. The van der Waals surface area contributed by atoms with E-state index < -0.39 is 40.9 Å². The molecule has 3 atom stereocenters. The van der Waals surface area contributed by atoms with Crippen LogP contribution in [0.1, 0.15) is 41.5 Å². The highest BCUT2D eigenvalue weighted by Gasteiger charge is 2.60. The molecule has 1 aliphatic rings. The van der Waals surface area contributed by atoms with Crippen LogP contribution < -0.4 is 5.32 Å². The number of aliphatic hydroxyl groups excluding tert-OH is 1. The first kappa shape index (κ1) is 21.7. The number of nitrogens with one attached hydrogen (secondary N) is 1. The molecule has 146 valence electrons. The van der Waals surface area contributed by atoms with E-state index >= 15 is 0 Å². The number of methoxy groups -OCH3 is 1. The molecule has 1 amide bonds. The van der Waals surface area contributed by atoms with Gasteiger partial charge in [-0.2, -0.15) is 0 Å². The lowest BCUT2D eigenvalue weighted by Crippen LogP contribution is -2.58. The summed E-state index contributed by atoms with van der Waals surface area (Å²) in [5, 5.41) is 12.6. The third-order valence-corrected chi connectivity index (χ3v) is 4.33. The van der Waals surface area contributed by atoms with Crippen LogP contribution in [0.2, 0.25) is 0 Å². The summed E-state index contributed by atoms with van der Waals surface area (Å²) >= 11 is 0. The molecule has 2 N–H and O–H groups in total. The topological polar surface area (TPSA) is 103 Å². The van der Waals surface area contributed by atoms with Crippen molar-refractivity contribution in [1.82, 2.24) is 5.32 Å². The molecule has 1 aliphatic heterocycles. The van der Waals surface area contributed by atoms with Gasteiger partial charge in [-0.05, 0) is 34.6 Å². The number of esters is 1. The van der Waals surface area contributed by atoms with Gasteiger partial charge in [0.2, 0.25) is 0 Å². The van der Waals surface area contributed by atoms with Gasteiger partial charge in [0.25, 0.3) is 0 Å². The van der Waals surface area contributed by atoms with Crippen molar-refractivity contribution in [3.05, 3.63) is 0 Å². The van der Waals surface area contributed by atoms with Crippen molar-refractivity contribution >= 4 is 12.1 Å². The molecule has 1 rings (SSSR count). The SMILES string of the molecule is CO[C@@]1(CNC(=O)OC(C)(C)C)[C@H](CO)C(C)(C)O[C@@H]1COC(C)=O. The second-order valence-corrected chi connectivity index (χ2v) is 7.76. The van der Waals surface area contributed by atoms with Crippen LogP contribution in [0, 0.1) is 5.92 Å². The van der Waals surface area contributed by atoms with Crippen LogP contribution in [0.4, 0.5) is 4.79 Å². The van der Waals surface area contributed by atoms with E-state index in [1.807, 2.05) is 13.8 Å². The average Bonchev–Trinajstić information content (AvgIpc) is 2.67. The minimum Gasteiger partial charge on any atom is -0.463 e. The van der Waals surface area contributed by atoms with Crippen molar-refractivity contribution in [1.29, 1.82) is 0 Å². The Hall–Kier alpha value is -1.38. The molecule has 0 aromatic carbocycles. The van der Waals surface area contributed by atoms with Crippen molar-refractivity contribution in [3.8, 4) is 0 Å². The monoisotopic (exact) mass is 361 g/mol. The van der Waals surface area contributed by atoms with Gasteiger partial charge in [0.1, 0.15) is 23.9 Å². The maximum Gasteiger partial charge on any atom is 0.407 e. The van der Waals surface area contributed by atoms with E-state index in [1.165, 1.54) is 14.0 Å². The number of ether oxygens (including phenoxy) is 4. The van der Waals surface area contributed by atoms with Crippen LogP contribution in [0.5, 0.6) is 0 Å². The highest BCUT2D eigenvalue weighted by atomic mass is 16.6. The number of hydrogen-bond acceptors (Lipinski definition) is 7. The number of rotatable bonds is 6. The summed E-state index contributed by atoms with van der Waals surface area (Å²) in [4.78, 5) is 23.2. The number of carbonyl (C=O) groups excluding carboxylic acids is 2. The lowest BCUT2D eigenvalue weighted by atomic mass is 9.77.